The number of furan rings is 1. The highest BCUT2D eigenvalue weighted by Crippen LogP contribution is 2.33. The molecule has 2 aromatic rings. The van der Waals surface area contributed by atoms with Gasteiger partial charge in [-0.05, 0) is 43.5 Å². The van der Waals surface area contributed by atoms with Crippen LogP contribution in [0.3, 0.4) is 0 Å². The van der Waals surface area contributed by atoms with Gasteiger partial charge in [0.2, 0.25) is 0 Å². The second-order valence-corrected chi connectivity index (χ2v) is 5.00. The molecule has 0 amide bonds. The third-order valence-corrected chi connectivity index (χ3v) is 4.23. The maximum atomic E-state index is 5.98. The molecule has 1 atom stereocenters. The van der Waals surface area contributed by atoms with Crippen LogP contribution in [0.1, 0.15) is 36.3 Å². The summed E-state index contributed by atoms with van der Waals surface area (Å²) in [6.45, 7) is 6.22. The molecule has 0 aliphatic heterocycles. The summed E-state index contributed by atoms with van der Waals surface area (Å²) in [7, 11) is 0. The molecule has 0 fully saturated rings. The van der Waals surface area contributed by atoms with Crippen molar-refractivity contribution in [2.75, 3.05) is 0 Å². The van der Waals surface area contributed by atoms with Crippen LogP contribution in [0.25, 0.3) is 11.0 Å². The van der Waals surface area contributed by atoms with E-state index in [1.54, 1.807) is 0 Å². The van der Waals surface area contributed by atoms with Gasteiger partial charge in [-0.1, -0.05) is 22.9 Å². The smallest absolute Gasteiger partial charge is 0.134 e. The predicted molar refractivity (Wildman–Crippen MR) is 70.6 cm³/mol. The van der Waals surface area contributed by atoms with Crippen molar-refractivity contribution in [3.63, 3.8) is 0 Å². The van der Waals surface area contributed by atoms with Crippen molar-refractivity contribution in [3.05, 3.63) is 33.5 Å². The fourth-order valence-electron chi connectivity index (χ4n) is 1.88. The first-order valence-electron chi connectivity index (χ1n) is 5.49. The molecule has 2 nitrogen and oxygen atoms in total. The minimum absolute atomic E-state index is 0.00844. The van der Waals surface area contributed by atoms with Gasteiger partial charge in [0.05, 0.1) is 6.04 Å². The van der Waals surface area contributed by atoms with Crippen LogP contribution in [0, 0.1) is 13.8 Å². The molecule has 0 spiro atoms. The van der Waals surface area contributed by atoms with Gasteiger partial charge in [-0.2, -0.15) is 0 Å². The molecule has 0 aliphatic carbocycles. The minimum Gasteiger partial charge on any atom is -0.459 e. The molecule has 0 saturated heterocycles. The quantitative estimate of drug-likeness (QED) is 0.895. The van der Waals surface area contributed by atoms with Gasteiger partial charge in [-0.15, -0.1) is 0 Å². The van der Waals surface area contributed by atoms with Crippen LogP contribution in [0.4, 0.5) is 0 Å². The van der Waals surface area contributed by atoms with Crippen LogP contribution < -0.4 is 5.73 Å². The lowest BCUT2D eigenvalue weighted by Gasteiger charge is -2.02. The van der Waals surface area contributed by atoms with Gasteiger partial charge < -0.3 is 10.2 Å². The number of hydrogen-bond acceptors (Lipinski definition) is 2. The van der Waals surface area contributed by atoms with E-state index in [1.165, 1.54) is 11.1 Å². The molecule has 1 unspecified atom stereocenters. The van der Waals surface area contributed by atoms with Crippen LogP contribution in [0.15, 0.2) is 21.0 Å². The Kier molecular flexibility index (Phi) is 3.08. The topological polar surface area (TPSA) is 39.2 Å². The molecule has 0 radical (unpaired) electrons. The van der Waals surface area contributed by atoms with Gasteiger partial charge in [0.1, 0.15) is 11.3 Å². The largest absolute Gasteiger partial charge is 0.459 e. The lowest BCUT2D eigenvalue weighted by Crippen LogP contribution is -2.06. The van der Waals surface area contributed by atoms with Gasteiger partial charge >= 0.3 is 0 Å². The molecule has 3 heteroatoms. The van der Waals surface area contributed by atoms with Crippen LogP contribution in [0.2, 0.25) is 0 Å². The lowest BCUT2D eigenvalue weighted by atomic mass is 10.1. The van der Waals surface area contributed by atoms with Crippen LogP contribution in [-0.2, 0) is 0 Å². The average Bonchev–Trinajstić information content (AvgIpc) is 2.69. The van der Waals surface area contributed by atoms with E-state index in [1.807, 2.05) is 0 Å². The maximum Gasteiger partial charge on any atom is 0.134 e. The monoisotopic (exact) mass is 281 g/mol. The van der Waals surface area contributed by atoms with Crippen molar-refractivity contribution in [2.45, 2.75) is 33.2 Å². The Hall–Kier alpha value is -0.800. The van der Waals surface area contributed by atoms with Gasteiger partial charge in [0.15, 0.2) is 0 Å². The Bertz CT molecular complexity index is 530. The van der Waals surface area contributed by atoms with Gasteiger partial charge in [-0.3, -0.25) is 0 Å². The molecule has 86 valence electrons. The van der Waals surface area contributed by atoms with Crippen molar-refractivity contribution in [3.8, 4) is 0 Å². The van der Waals surface area contributed by atoms with Crippen molar-refractivity contribution < 1.29 is 4.42 Å². The summed E-state index contributed by atoms with van der Waals surface area (Å²) >= 11 is 3.59. The highest BCUT2D eigenvalue weighted by atomic mass is 79.9. The number of benzene rings is 1. The molecule has 16 heavy (non-hydrogen) atoms. The Morgan fingerprint density at radius 3 is 2.69 bits per heavy atom. The third-order valence-electron chi connectivity index (χ3n) is 3.01. The summed E-state index contributed by atoms with van der Waals surface area (Å²) in [6.07, 6.45) is 0.888. The number of fused-ring (bicyclic) bond motifs is 1. The summed E-state index contributed by atoms with van der Waals surface area (Å²) in [6, 6.07) is 4.10. The van der Waals surface area contributed by atoms with Gasteiger partial charge in [0, 0.05) is 9.86 Å². The molecule has 1 aromatic carbocycles. The van der Waals surface area contributed by atoms with E-state index in [4.69, 9.17) is 10.2 Å². The molecule has 2 rings (SSSR count). The summed E-state index contributed by atoms with van der Waals surface area (Å²) in [5.74, 6) is 0.873. The Labute approximate surface area is 104 Å². The first kappa shape index (κ1) is 11.7. The van der Waals surface area contributed by atoms with Crippen molar-refractivity contribution >= 4 is 26.9 Å². The molecule has 0 aliphatic rings. The van der Waals surface area contributed by atoms with E-state index < -0.39 is 0 Å². The Balaban J connectivity index is 2.66. The van der Waals surface area contributed by atoms with Gasteiger partial charge in [-0.25, -0.2) is 0 Å². The molecule has 2 N–H and O–H groups in total. The van der Waals surface area contributed by atoms with Crippen molar-refractivity contribution in [2.24, 2.45) is 5.73 Å². The van der Waals surface area contributed by atoms with Gasteiger partial charge in [0.25, 0.3) is 0 Å². The second kappa shape index (κ2) is 4.22. The standard InChI is InChI=1S/C13H16BrNO/c1-4-10(15)12-6-9-8(3)13(14)7(2)5-11(9)16-12/h5-6,10H,4,15H2,1-3H3. The van der Waals surface area contributed by atoms with E-state index in [0.717, 1.165) is 27.6 Å². The Morgan fingerprint density at radius 1 is 1.38 bits per heavy atom. The van der Waals surface area contributed by atoms with E-state index in [-0.39, 0.29) is 6.04 Å². The SMILES string of the molecule is CCC(N)c1cc2c(C)c(Br)c(C)cc2o1. The van der Waals surface area contributed by atoms with Crippen LogP contribution >= 0.6 is 15.9 Å². The third kappa shape index (κ3) is 1.78. The van der Waals surface area contributed by atoms with E-state index in [9.17, 15) is 0 Å². The average molecular weight is 282 g/mol. The molecular formula is C13H16BrNO. The van der Waals surface area contributed by atoms with E-state index in [2.05, 4.69) is 48.8 Å². The number of hydrogen-bond donors (Lipinski definition) is 1. The lowest BCUT2D eigenvalue weighted by molar-refractivity contribution is 0.488. The summed E-state index contributed by atoms with van der Waals surface area (Å²) < 4.78 is 6.94. The molecular weight excluding hydrogens is 266 g/mol. The normalized spacial score (nSPS) is 13.3. The number of nitrogens with two attached hydrogens (primary N) is 1. The van der Waals surface area contributed by atoms with E-state index >= 15 is 0 Å². The fourth-order valence-corrected chi connectivity index (χ4v) is 2.21. The first-order valence-corrected chi connectivity index (χ1v) is 6.28. The molecule has 0 saturated carbocycles. The Morgan fingerprint density at radius 2 is 2.06 bits per heavy atom. The number of halogens is 1. The molecule has 0 bridgehead atoms. The minimum atomic E-state index is -0.00844. The zero-order valence-corrected chi connectivity index (χ0v) is 11.4. The summed E-state index contributed by atoms with van der Waals surface area (Å²) in [4.78, 5) is 0. The highest BCUT2D eigenvalue weighted by molar-refractivity contribution is 9.10. The predicted octanol–water partition coefficient (Wildman–Crippen LogP) is 4.22. The van der Waals surface area contributed by atoms with Crippen molar-refractivity contribution in [1.29, 1.82) is 0 Å². The highest BCUT2D eigenvalue weighted by Gasteiger charge is 2.13. The van der Waals surface area contributed by atoms with Crippen LogP contribution in [-0.4, -0.2) is 0 Å². The zero-order chi connectivity index (χ0) is 11.9. The summed E-state index contributed by atoms with van der Waals surface area (Å²) in [5.41, 5.74) is 9.31. The molecule has 1 aromatic heterocycles. The fraction of sp³-hybridized carbons (Fsp3) is 0.385. The van der Waals surface area contributed by atoms with E-state index in [0.29, 0.717) is 0 Å². The molecule has 1 heterocycles. The van der Waals surface area contributed by atoms with Crippen molar-refractivity contribution in [1.82, 2.24) is 0 Å². The maximum absolute atomic E-state index is 5.98. The second-order valence-electron chi connectivity index (χ2n) is 4.21. The van der Waals surface area contributed by atoms with Crippen LogP contribution in [0.5, 0.6) is 0 Å². The summed E-state index contributed by atoms with van der Waals surface area (Å²) in [5, 5.41) is 1.15. The zero-order valence-electron chi connectivity index (χ0n) is 9.80. The number of aryl methyl sites for hydroxylation is 2. The first-order chi connectivity index (χ1) is 7.54. The number of rotatable bonds is 2.